The van der Waals surface area contributed by atoms with Crippen LogP contribution < -0.4 is 10.9 Å². The number of nitrogens with zero attached hydrogens (tertiary/aromatic N) is 2. The highest BCUT2D eigenvalue weighted by molar-refractivity contribution is 7.98. The fraction of sp³-hybridized carbons (Fsp3) is 0.423. The van der Waals surface area contributed by atoms with E-state index >= 15 is 0 Å². The lowest BCUT2D eigenvalue weighted by Crippen LogP contribution is -2.31. The Morgan fingerprint density at radius 2 is 2.06 bits per heavy atom. The standard InChI is InChI=1S/C26H31N3O3S/c1-16(2)27-24(30)19-9-10-22-23(13-19)28-26(29(25(22)31)14-21-6-5-11-32-21)33-15-20-12-17(3)7-8-18(20)4/h7-10,12-13,16,21H,5-6,11,14-15H2,1-4H3,(H,27,30)/t21-/m0/s1. The number of carbonyl (C=O) groups is 1. The van der Waals surface area contributed by atoms with Crippen molar-refractivity contribution in [1.29, 1.82) is 0 Å². The number of aryl methyl sites for hydroxylation is 2. The van der Waals surface area contributed by atoms with Gasteiger partial charge in [-0.1, -0.05) is 35.5 Å². The minimum absolute atomic E-state index is 0.0260. The van der Waals surface area contributed by atoms with Crippen molar-refractivity contribution in [3.05, 3.63) is 69.0 Å². The van der Waals surface area contributed by atoms with E-state index in [0.29, 0.717) is 33.9 Å². The van der Waals surface area contributed by atoms with Gasteiger partial charge >= 0.3 is 0 Å². The molecule has 174 valence electrons. The molecule has 1 aromatic heterocycles. The molecule has 33 heavy (non-hydrogen) atoms. The summed E-state index contributed by atoms with van der Waals surface area (Å²) in [7, 11) is 0. The number of hydrogen-bond acceptors (Lipinski definition) is 5. The molecule has 4 rings (SSSR count). The predicted molar refractivity (Wildman–Crippen MR) is 133 cm³/mol. The fourth-order valence-electron chi connectivity index (χ4n) is 4.05. The molecule has 1 amide bonds. The van der Waals surface area contributed by atoms with Gasteiger partial charge in [0.05, 0.1) is 23.6 Å². The average Bonchev–Trinajstić information content (AvgIpc) is 3.29. The van der Waals surface area contributed by atoms with E-state index in [1.54, 1.807) is 34.5 Å². The largest absolute Gasteiger partial charge is 0.376 e. The van der Waals surface area contributed by atoms with Crippen LogP contribution in [-0.2, 0) is 17.0 Å². The smallest absolute Gasteiger partial charge is 0.262 e. The van der Waals surface area contributed by atoms with Crippen molar-refractivity contribution in [1.82, 2.24) is 14.9 Å². The molecule has 1 atom stereocenters. The maximum absolute atomic E-state index is 13.5. The van der Waals surface area contributed by atoms with Gasteiger partial charge in [0, 0.05) is 24.0 Å². The molecule has 2 aromatic carbocycles. The molecule has 1 saturated heterocycles. The van der Waals surface area contributed by atoms with Crippen LogP contribution in [0, 0.1) is 13.8 Å². The van der Waals surface area contributed by atoms with Crippen LogP contribution in [0.15, 0.2) is 46.3 Å². The van der Waals surface area contributed by atoms with Gasteiger partial charge in [0.1, 0.15) is 0 Å². The number of ether oxygens (including phenoxy) is 1. The van der Waals surface area contributed by atoms with Crippen molar-refractivity contribution in [3.63, 3.8) is 0 Å². The van der Waals surface area contributed by atoms with Crippen molar-refractivity contribution in [2.45, 2.75) is 70.1 Å². The Bertz CT molecular complexity index is 1230. The third kappa shape index (κ3) is 5.47. The van der Waals surface area contributed by atoms with E-state index in [-0.39, 0.29) is 23.6 Å². The van der Waals surface area contributed by atoms with Gasteiger partial charge in [0.25, 0.3) is 11.5 Å². The Morgan fingerprint density at radius 3 is 2.79 bits per heavy atom. The second-order valence-electron chi connectivity index (χ2n) is 9.02. The van der Waals surface area contributed by atoms with Gasteiger partial charge in [-0.15, -0.1) is 0 Å². The monoisotopic (exact) mass is 465 g/mol. The van der Waals surface area contributed by atoms with Crippen LogP contribution in [0.3, 0.4) is 0 Å². The van der Waals surface area contributed by atoms with Crippen LogP contribution in [-0.4, -0.2) is 34.2 Å². The zero-order valence-electron chi connectivity index (χ0n) is 19.7. The number of amides is 1. The lowest BCUT2D eigenvalue weighted by Gasteiger charge is -2.17. The molecule has 0 radical (unpaired) electrons. The molecular formula is C26H31N3O3S. The third-order valence-corrected chi connectivity index (χ3v) is 6.90. The quantitative estimate of drug-likeness (QED) is 0.407. The van der Waals surface area contributed by atoms with Crippen LogP contribution in [0.25, 0.3) is 10.9 Å². The fourth-order valence-corrected chi connectivity index (χ4v) is 5.12. The number of fused-ring (bicyclic) bond motifs is 1. The van der Waals surface area contributed by atoms with Gasteiger partial charge in [-0.25, -0.2) is 4.98 Å². The Labute approximate surface area is 198 Å². The summed E-state index contributed by atoms with van der Waals surface area (Å²) < 4.78 is 7.57. The molecule has 2 heterocycles. The van der Waals surface area contributed by atoms with Crippen LogP contribution in [0.2, 0.25) is 0 Å². The van der Waals surface area contributed by atoms with E-state index in [1.807, 2.05) is 13.8 Å². The minimum Gasteiger partial charge on any atom is -0.376 e. The first kappa shape index (κ1) is 23.5. The summed E-state index contributed by atoms with van der Waals surface area (Å²) in [6.45, 7) is 9.25. The first-order chi connectivity index (χ1) is 15.8. The number of carbonyl (C=O) groups excluding carboxylic acids is 1. The lowest BCUT2D eigenvalue weighted by molar-refractivity contribution is 0.0937. The molecular weight excluding hydrogens is 434 g/mol. The number of thioether (sulfide) groups is 1. The number of aromatic nitrogens is 2. The predicted octanol–water partition coefficient (Wildman–Crippen LogP) is 4.62. The molecule has 7 heteroatoms. The SMILES string of the molecule is Cc1ccc(C)c(CSc2nc3cc(C(=O)NC(C)C)ccc3c(=O)n2C[C@@H]2CCCO2)c1. The summed E-state index contributed by atoms with van der Waals surface area (Å²) in [5.41, 5.74) is 4.61. The Balaban J connectivity index is 1.73. The highest BCUT2D eigenvalue weighted by Gasteiger charge is 2.21. The number of rotatable bonds is 7. The van der Waals surface area contributed by atoms with Gasteiger partial charge in [0.2, 0.25) is 0 Å². The maximum Gasteiger partial charge on any atom is 0.262 e. The summed E-state index contributed by atoms with van der Waals surface area (Å²) in [4.78, 5) is 30.8. The lowest BCUT2D eigenvalue weighted by atomic mass is 10.1. The molecule has 3 aromatic rings. The van der Waals surface area contributed by atoms with Crippen molar-refractivity contribution >= 4 is 28.6 Å². The van der Waals surface area contributed by atoms with Crippen LogP contribution in [0.5, 0.6) is 0 Å². The van der Waals surface area contributed by atoms with Gasteiger partial charge in [0.15, 0.2) is 5.16 Å². The molecule has 1 N–H and O–H groups in total. The second kappa shape index (κ2) is 10.1. The van der Waals surface area contributed by atoms with Crippen molar-refractivity contribution < 1.29 is 9.53 Å². The van der Waals surface area contributed by atoms with Gasteiger partial charge in [-0.05, 0) is 69.9 Å². The third-order valence-electron chi connectivity index (χ3n) is 5.87. The first-order valence-electron chi connectivity index (χ1n) is 11.5. The zero-order chi connectivity index (χ0) is 23.5. The summed E-state index contributed by atoms with van der Waals surface area (Å²) in [6, 6.07) is 11.6. The molecule has 0 bridgehead atoms. The highest BCUT2D eigenvalue weighted by atomic mass is 32.2. The Hall–Kier alpha value is -2.64. The van der Waals surface area contributed by atoms with Crippen molar-refractivity contribution in [2.24, 2.45) is 0 Å². The van der Waals surface area contributed by atoms with E-state index in [9.17, 15) is 9.59 Å². The topological polar surface area (TPSA) is 73.2 Å². The molecule has 1 aliphatic rings. The summed E-state index contributed by atoms with van der Waals surface area (Å²) in [5, 5.41) is 4.08. The normalized spacial score (nSPS) is 16.0. The molecule has 0 saturated carbocycles. The number of nitrogens with one attached hydrogen (secondary N) is 1. The van der Waals surface area contributed by atoms with E-state index in [1.165, 1.54) is 16.7 Å². The molecule has 1 aliphatic heterocycles. The van der Waals surface area contributed by atoms with Crippen molar-refractivity contribution in [2.75, 3.05) is 6.61 Å². The summed E-state index contributed by atoms with van der Waals surface area (Å²) in [6.07, 6.45) is 1.98. The molecule has 6 nitrogen and oxygen atoms in total. The highest BCUT2D eigenvalue weighted by Crippen LogP contribution is 2.26. The maximum atomic E-state index is 13.5. The molecule has 1 fully saturated rings. The summed E-state index contributed by atoms with van der Waals surface area (Å²) >= 11 is 1.56. The molecule has 0 unspecified atom stereocenters. The Kier molecular flexibility index (Phi) is 7.20. The van der Waals surface area contributed by atoms with Crippen LogP contribution >= 0.6 is 11.8 Å². The van der Waals surface area contributed by atoms with E-state index in [4.69, 9.17) is 9.72 Å². The zero-order valence-corrected chi connectivity index (χ0v) is 20.5. The Morgan fingerprint density at radius 1 is 1.24 bits per heavy atom. The van der Waals surface area contributed by atoms with Gasteiger partial charge in [-0.3, -0.25) is 14.2 Å². The van der Waals surface area contributed by atoms with Gasteiger partial charge in [-0.2, -0.15) is 0 Å². The molecule has 0 spiro atoms. The van der Waals surface area contributed by atoms with E-state index in [2.05, 4.69) is 37.4 Å². The number of hydrogen-bond donors (Lipinski definition) is 1. The summed E-state index contributed by atoms with van der Waals surface area (Å²) in [5.74, 6) is 0.548. The van der Waals surface area contributed by atoms with Crippen LogP contribution in [0.4, 0.5) is 0 Å². The minimum atomic E-state index is -0.165. The average molecular weight is 466 g/mol. The van der Waals surface area contributed by atoms with Crippen LogP contribution in [0.1, 0.15) is 53.7 Å². The first-order valence-corrected chi connectivity index (χ1v) is 12.5. The van der Waals surface area contributed by atoms with Crippen molar-refractivity contribution in [3.8, 4) is 0 Å². The number of benzene rings is 2. The van der Waals surface area contributed by atoms with E-state index in [0.717, 1.165) is 19.4 Å². The van der Waals surface area contributed by atoms with Gasteiger partial charge < -0.3 is 10.1 Å². The van der Waals surface area contributed by atoms with E-state index < -0.39 is 0 Å². The second-order valence-corrected chi connectivity index (χ2v) is 9.97. The molecule has 0 aliphatic carbocycles.